The second-order valence-corrected chi connectivity index (χ2v) is 6.17. The number of ether oxygens (including phenoxy) is 1. The summed E-state index contributed by atoms with van der Waals surface area (Å²) in [5.41, 5.74) is 1.89. The van der Waals surface area contributed by atoms with Crippen LogP contribution in [0.5, 0.6) is 0 Å². The van der Waals surface area contributed by atoms with Crippen LogP contribution in [-0.2, 0) is 21.9 Å². The standard InChI is InChI=1S/C17H19NO5S/c19-16(20)15(7-9-24-12-14-6-8-22-10-14)18-17(21)23-11-13-4-2-1-3-5-13/h1-6,8,10,15H,7,9,11-12H2,(H,18,21)(H,19,20). The summed E-state index contributed by atoms with van der Waals surface area (Å²) in [6.45, 7) is 0.105. The Morgan fingerprint density at radius 1 is 1.21 bits per heavy atom. The van der Waals surface area contributed by atoms with Crippen LogP contribution < -0.4 is 5.32 Å². The molecule has 1 aromatic carbocycles. The molecular formula is C17H19NO5S. The average Bonchev–Trinajstić information content (AvgIpc) is 3.10. The van der Waals surface area contributed by atoms with Gasteiger partial charge in [-0.2, -0.15) is 11.8 Å². The SMILES string of the molecule is O=C(NC(CCSCc1ccoc1)C(=O)O)OCc1ccccc1. The maximum Gasteiger partial charge on any atom is 0.408 e. The normalized spacial score (nSPS) is 11.7. The van der Waals surface area contributed by atoms with Crippen LogP contribution in [0.4, 0.5) is 4.79 Å². The lowest BCUT2D eigenvalue weighted by molar-refractivity contribution is -0.139. The number of hydrogen-bond acceptors (Lipinski definition) is 5. The van der Waals surface area contributed by atoms with E-state index in [9.17, 15) is 14.7 Å². The van der Waals surface area contributed by atoms with Crippen LogP contribution in [0, 0.1) is 0 Å². The van der Waals surface area contributed by atoms with E-state index in [1.807, 2.05) is 36.4 Å². The number of furan rings is 1. The predicted molar refractivity (Wildman–Crippen MR) is 90.7 cm³/mol. The number of carboxylic acid groups (broad SMARTS) is 1. The number of nitrogens with one attached hydrogen (secondary N) is 1. The van der Waals surface area contributed by atoms with Gasteiger partial charge in [-0.05, 0) is 23.8 Å². The van der Waals surface area contributed by atoms with Gasteiger partial charge in [-0.15, -0.1) is 0 Å². The fourth-order valence-electron chi connectivity index (χ4n) is 1.93. The van der Waals surface area contributed by atoms with Crippen LogP contribution >= 0.6 is 11.8 Å². The zero-order valence-corrected chi connectivity index (χ0v) is 13.8. The van der Waals surface area contributed by atoms with Crippen LogP contribution in [-0.4, -0.2) is 29.0 Å². The molecule has 0 bridgehead atoms. The molecule has 0 spiro atoms. The molecular weight excluding hydrogens is 330 g/mol. The van der Waals surface area contributed by atoms with Gasteiger partial charge in [-0.1, -0.05) is 30.3 Å². The molecule has 1 aromatic heterocycles. The Bertz CT molecular complexity index is 630. The summed E-state index contributed by atoms with van der Waals surface area (Å²) in [4.78, 5) is 23.0. The first kappa shape index (κ1) is 17.9. The predicted octanol–water partition coefficient (Wildman–Crippen LogP) is 3.28. The molecule has 6 nitrogen and oxygen atoms in total. The molecule has 1 atom stereocenters. The summed E-state index contributed by atoms with van der Waals surface area (Å²) in [5.74, 6) is 0.262. The minimum absolute atomic E-state index is 0.105. The molecule has 2 N–H and O–H groups in total. The van der Waals surface area contributed by atoms with Crippen LogP contribution in [0.2, 0.25) is 0 Å². The number of thioether (sulfide) groups is 1. The fraction of sp³-hybridized carbons (Fsp3) is 0.294. The van der Waals surface area contributed by atoms with Crippen molar-refractivity contribution in [2.24, 2.45) is 0 Å². The van der Waals surface area contributed by atoms with E-state index in [1.54, 1.807) is 24.3 Å². The average molecular weight is 349 g/mol. The molecule has 1 heterocycles. The quantitative estimate of drug-likeness (QED) is 0.675. The number of rotatable bonds is 9. The van der Waals surface area contributed by atoms with Crippen molar-refractivity contribution in [1.29, 1.82) is 0 Å². The molecule has 0 fully saturated rings. The van der Waals surface area contributed by atoms with Crippen LogP contribution in [0.15, 0.2) is 53.3 Å². The number of carbonyl (C=O) groups is 2. The van der Waals surface area contributed by atoms with Gasteiger partial charge in [0.15, 0.2) is 0 Å². The number of alkyl carbamates (subject to hydrolysis) is 1. The molecule has 0 aliphatic rings. The maximum atomic E-state index is 11.7. The highest BCUT2D eigenvalue weighted by molar-refractivity contribution is 7.98. The van der Waals surface area contributed by atoms with Crippen molar-refractivity contribution in [1.82, 2.24) is 5.32 Å². The monoisotopic (exact) mass is 349 g/mol. The van der Waals surface area contributed by atoms with Crippen LogP contribution in [0.25, 0.3) is 0 Å². The Hall–Kier alpha value is -2.41. The van der Waals surface area contributed by atoms with E-state index in [0.717, 1.165) is 16.9 Å². The summed E-state index contributed by atoms with van der Waals surface area (Å²) in [6.07, 6.45) is 2.84. The summed E-state index contributed by atoms with van der Waals surface area (Å²) in [5, 5.41) is 11.6. The third-order valence-electron chi connectivity index (χ3n) is 3.20. The molecule has 0 saturated heterocycles. The molecule has 2 rings (SSSR count). The number of aliphatic carboxylic acids is 1. The molecule has 1 amide bonds. The van der Waals surface area contributed by atoms with Gasteiger partial charge in [0.25, 0.3) is 0 Å². The van der Waals surface area contributed by atoms with Gasteiger partial charge in [0, 0.05) is 11.3 Å². The number of hydrogen-bond donors (Lipinski definition) is 2. The highest BCUT2D eigenvalue weighted by Gasteiger charge is 2.20. The van der Waals surface area contributed by atoms with Gasteiger partial charge in [-0.25, -0.2) is 9.59 Å². The van der Waals surface area contributed by atoms with Crippen molar-refractivity contribution in [3.8, 4) is 0 Å². The van der Waals surface area contributed by atoms with Gasteiger partial charge in [-0.3, -0.25) is 0 Å². The second-order valence-electron chi connectivity index (χ2n) is 5.07. The molecule has 24 heavy (non-hydrogen) atoms. The molecule has 7 heteroatoms. The van der Waals surface area contributed by atoms with E-state index in [1.165, 1.54) is 0 Å². The molecule has 0 saturated carbocycles. The summed E-state index contributed by atoms with van der Waals surface area (Å²) >= 11 is 1.58. The first-order valence-corrected chi connectivity index (χ1v) is 8.59. The summed E-state index contributed by atoms with van der Waals surface area (Å²) in [6, 6.07) is 10.1. The minimum Gasteiger partial charge on any atom is -0.480 e. The maximum absolute atomic E-state index is 11.7. The fourth-order valence-corrected chi connectivity index (χ4v) is 2.88. The molecule has 0 aliphatic carbocycles. The van der Waals surface area contributed by atoms with Crippen molar-refractivity contribution in [3.63, 3.8) is 0 Å². The Kier molecular flexibility index (Phi) is 7.22. The molecule has 0 radical (unpaired) electrons. The van der Waals surface area contributed by atoms with Crippen molar-refractivity contribution in [2.45, 2.75) is 24.8 Å². The Morgan fingerprint density at radius 3 is 2.67 bits per heavy atom. The first-order chi connectivity index (χ1) is 11.6. The molecule has 1 unspecified atom stereocenters. The topological polar surface area (TPSA) is 88.8 Å². The zero-order valence-electron chi connectivity index (χ0n) is 13.0. The van der Waals surface area contributed by atoms with Crippen molar-refractivity contribution >= 4 is 23.8 Å². The van der Waals surface area contributed by atoms with Gasteiger partial charge >= 0.3 is 12.1 Å². The third kappa shape index (κ3) is 6.37. The van der Waals surface area contributed by atoms with Crippen molar-refractivity contribution < 1.29 is 23.8 Å². The highest BCUT2D eigenvalue weighted by Crippen LogP contribution is 2.14. The zero-order chi connectivity index (χ0) is 17.2. The van der Waals surface area contributed by atoms with Crippen LogP contribution in [0.1, 0.15) is 17.5 Å². The van der Waals surface area contributed by atoms with E-state index in [-0.39, 0.29) is 6.61 Å². The third-order valence-corrected chi connectivity index (χ3v) is 4.26. The molecule has 2 aromatic rings. The number of carbonyl (C=O) groups excluding carboxylic acids is 1. The minimum atomic E-state index is -1.07. The lowest BCUT2D eigenvalue weighted by Crippen LogP contribution is -2.41. The van der Waals surface area contributed by atoms with E-state index >= 15 is 0 Å². The molecule has 0 aliphatic heterocycles. The number of carboxylic acids is 1. The number of amides is 1. The number of benzene rings is 1. The summed E-state index contributed by atoms with van der Waals surface area (Å²) in [7, 11) is 0. The van der Waals surface area contributed by atoms with E-state index in [4.69, 9.17) is 9.15 Å². The largest absolute Gasteiger partial charge is 0.480 e. The second kappa shape index (κ2) is 9.67. The summed E-state index contributed by atoms with van der Waals surface area (Å²) < 4.78 is 10.0. The Morgan fingerprint density at radius 2 is 2.00 bits per heavy atom. The first-order valence-electron chi connectivity index (χ1n) is 7.44. The lowest BCUT2D eigenvalue weighted by atomic mass is 10.2. The van der Waals surface area contributed by atoms with Crippen molar-refractivity contribution in [2.75, 3.05) is 5.75 Å². The lowest BCUT2D eigenvalue weighted by Gasteiger charge is -2.14. The molecule has 128 valence electrons. The van der Waals surface area contributed by atoms with E-state index < -0.39 is 18.1 Å². The van der Waals surface area contributed by atoms with Crippen LogP contribution in [0.3, 0.4) is 0 Å². The Balaban J connectivity index is 1.69. The Labute approximate surface area is 144 Å². The highest BCUT2D eigenvalue weighted by atomic mass is 32.2. The van der Waals surface area contributed by atoms with E-state index in [0.29, 0.717) is 12.2 Å². The van der Waals surface area contributed by atoms with Gasteiger partial charge in [0.2, 0.25) is 0 Å². The van der Waals surface area contributed by atoms with Gasteiger partial charge in [0.1, 0.15) is 12.6 Å². The van der Waals surface area contributed by atoms with Crippen molar-refractivity contribution in [3.05, 3.63) is 60.1 Å². The van der Waals surface area contributed by atoms with E-state index in [2.05, 4.69) is 5.32 Å². The smallest absolute Gasteiger partial charge is 0.408 e. The van der Waals surface area contributed by atoms with Gasteiger partial charge in [0.05, 0.1) is 12.5 Å². The van der Waals surface area contributed by atoms with Gasteiger partial charge < -0.3 is 19.6 Å².